The molecular formula is C10H11NO3. The van der Waals surface area contributed by atoms with Crippen molar-refractivity contribution in [1.29, 1.82) is 0 Å². The van der Waals surface area contributed by atoms with Crippen molar-refractivity contribution in [1.82, 2.24) is 0 Å². The smallest absolute Gasteiger partial charge is 0.318 e. The molecule has 0 aromatic heterocycles. The standard InChI is InChI=1S/C10H11NO3/c1-7(12)6-10(13)14-9-4-2-8(11)3-5-9/h2-5H,6,11H2,1H3. The molecule has 0 saturated heterocycles. The summed E-state index contributed by atoms with van der Waals surface area (Å²) in [7, 11) is 0. The van der Waals surface area contributed by atoms with Crippen molar-refractivity contribution in [3.63, 3.8) is 0 Å². The van der Waals surface area contributed by atoms with Crippen LogP contribution in [-0.2, 0) is 9.59 Å². The van der Waals surface area contributed by atoms with E-state index in [0.717, 1.165) is 0 Å². The lowest BCUT2D eigenvalue weighted by atomic mass is 10.3. The van der Waals surface area contributed by atoms with E-state index >= 15 is 0 Å². The van der Waals surface area contributed by atoms with Gasteiger partial charge in [0.1, 0.15) is 18.0 Å². The molecule has 0 aliphatic heterocycles. The van der Waals surface area contributed by atoms with Gasteiger partial charge >= 0.3 is 5.97 Å². The molecule has 0 aliphatic rings. The van der Waals surface area contributed by atoms with Crippen LogP contribution in [0.3, 0.4) is 0 Å². The number of hydrogen-bond acceptors (Lipinski definition) is 4. The molecule has 0 bridgehead atoms. The highest BCUT2D eigenvalue weighted by atomic mass is 16.5. The average Bonchev–Trinajstić information content (AvgIpc) is 2.07. The highest BCUT2D eigenvalue weighted by Crippen LogP contribution is 2.13. The maximum Gasteiger partial charge on any atom is 0.318 e. The van der Waals surface area contributed by atoms with E-state index < -0.39 is 5.97 Å². The van der Waals surface area contributed by atoms with Gasteiger partial charge in [-0.2, -0.15) is 0 Å². The summed E-state index contributed by atoms with van der Waals surface area (Å²) in [5.74, 6) is -0.377. The number of benzene rings is 1. The maximum absolute atomic E-state index is 11.0. The molecule has 14 heavy (non-hydrogen) atoms. The molecule has 0 unspecified atom stereocenters. The van der Waals surface area contributed by atoms with Crippen molar-refractivity contribution < 1.29 is 14.3 Å². The fourth-order valence-electron chi connectivity index (χ4n) is 0.907. The van der Waals surface area contributed by atoms with Crippen LogP contribution in [0.1, 0.15) is 13.3 Å². The van der Waals surface area contributed by atoms with Crippen LogP contribution in [0.2, 0.25) is 0 Å². The molecule has 0 saturated carbocycles. The summed E-state index contributed by atoms with van der Waals surface area (Å²) < 4.78 is 4.86. The third-order valence-electron chi connectivity index (χ3n) is 1.51. The average molecular weight is 193 g/mol. The largest absolute Gasteiger partial charge is 0.426 e. The molecule has 4 heteroatoms. The van der Waals surface area contributed by atoms with Crippen molar-refractivity contribution in [2.45, 2.75) is 13.3 Å². The molecule has 2 N–H and O–H groups in total. The minimum absolute atomic E-state index is 0.204. The van der Waals surface area contributed by atoms with Gasteiger partial charge in [0.15, 0.2) is 0 Å². The number of nitrogen functional groups attached to an aromatic ring is 1. The molecule has 0 amide bonds. The molecule has 1 aromatic carbocycles. The Morgan fingerprint density at radius 1 is 1.29 bits per heavy atom. The number of hydrogen-bond donors (Lipinski definition) is 1. The van der Waals surface area contributed by atoms with Gasteiger partial charge in [0.25, 0.3) is 0 Å². The van der Waals surface area contributed by atoms with Crippen LogP contribution in [-0.4, -0.2) is 11.8 Å². The summed E-state index contributed by atoms with van der Waals surface area (Å²) in [5.41, 5.74) is 6.04. The van der Waals surface area contributed by atoms with Gasteiger partial charge in [-0.15, -0.1) is 0 Å². The van der Waals surface area contributed by atoms with Crippen LogP contribution in [0.25, 0.3) is 0 Å². The fraction of sp³-hybridized carbons (Fsp3) is 0.200. The Morgan fingerprint density at radius 3 is 2.36 bits per heavy atom. The number of rotatable bonds is 3. The SMILES string of the molecule is CC(=O)CC(=O)Oc1ccc(N)cc1. The molecule has 0 radical (unpaired) electrons. The van der Waals surface area contributed by atoms with E-state index in [9.17, 15) is 9.59 Å². The Bertz CT molecular complexity index is 343. The van der Waals surface area contributed by atoms with Gasteiger partial charge < -0.3 is 10.5 Å². The van der Waals surface area contributed by atoms with E-state index in [4.69, 9.17) is 10.5 Å². The molecule has 0 spiro atoms. The fourth-order valence-corrected chi connectivity index (χ4v) is 0.907. The second kappa shape index (κ2) is 4.41. The highest BCUT2D eigenvalue weighted by Gasteiger charge is 2.07. The van der Waals surface area contributed by atoms with E-state index in [1.807, 2.05) is 0 Å². The lowest BCUT2D eigenvalue weighted by Crippen LogP contribution is -2.11. The lowest BCUT2D eigenvalue weighted by molar-refractivity contribution is -0.137. The van der Waals surface area contributed by atoms with E-state index in [1.165, 1.54) is 6.92 Å². The number of esters is 1. The first-order chi connectivity index (χ1) is 6.58. The van der Waals surface area contributed by atoms with Crippen molar-refractivity contribution >= 4 is 17.4 Å². The van der Waals surface area contributed by atoms with Gasteiger partial charge in [0.2, 0.25) is 0 Å². The van der Waals surface area contributed by atoms with Crippen molar-refractivity contribution in [2.24, 2.45) is 0 Å². The van der Waals surface area contributed by atoms with Gasteiger partial charge in [-0.1, -0.05) is 0 Å². The Labute approximate surface area is 81.7 Å². The molecule has 4 nitrogen and oxygen atoms in total. The summed E-state index contributed by atoms with van der Waals surface area (Å²) >= 11 is 0. The maximum atomic E-state index is 11.0. The van der Waals surface area contributed by atoms with Gasteiger partial charge in [0.05, 0.1) is 0 Å². The number of carbonyl (C=O) groups is 2. The number of carbonyl (C=O) groups excluding carboxylic acids is 2. The molecule has 1 aromatic rings. The zero-order valence-electron chi connectivity index (χ0n) is 7.82. The number of nitrogens with two attached hydrogens (primary N) is 1. The van der Waals surface area contributed by atoms with E-state index in [-0.39, 0.29) is 12.2 Å². The molecular weight excluding hydrogens is 182 g/mol. The zero-order valence-corrected chi connectivity index (χ0v) is 7.82. The van der Waals surface area contributed by atoms with Gasteiger partial charge in [-0.05, 0) is 31.2 Å². The monoisotopic (exact) mass is 193 g/mol. The third kappa shape index (κ3) is 3.26. The van der Waals surface area contributed by atoms with Gasteiger partial charge in [-0.3, -0.25) is 9.59 Å². The van der Waals surface area contributed by atoms with Crippen LogP contribution in [0.15, 0.2) is 24.3 Å². The minimum Gasteiger partial charge on any atom is -0.426 e. The van der Waals surface area contributed by atoms with Crippen LogP contribution in [0.4, 0.5) is 5.69 Å². The first-order valence-corrected chi connectivity index (χ1v) is 4.13. The van der Waals surface area contributed by atoms with Crippen LogP contribution in [0, 0.1) is 0 Å². The highest BCUT2D eigenvalue weighted by molar-refractivity contribution is 5.94. The summed E-state index contributed by atoms with van der Waals surface area (Å²) in [6.07, 6.45) is -0.204. The molecule has 0 aliphatic carbocycles. The lowest BCUT2D eigenvalue weighted by Gasteiger charge is -2.02. The van der Waals surface area contributed by atoms with Crippen molar-refractivity contribution in [3.05, 3.63) is 24.3 Å². The molecule has 74 valence electrons. The Hall–Kier alpha value is -1.84. The molecule has 1 rings (SSSR count). The summed E-state index contributed by atoms with van der Waals surface area (Å²) in [5, 5.41) is 0. The van der Waals surface area contributed by atoms with Crippen molar-refractivity contribution in [3.8, 4) is 5.75 Å². The number of Topliss-reactive ketones (excluding diaryl/α,β-unsaturated/α-hetero) is 1. The predicted molar refractivity (Wildman–Crippen MR) is 51.8 cm³/mol. The quantitative estimate of drug-likeness (QED) is 0.338. The predicted octanol–water partition coefficient (Wildman–Crippen LogP) is 1.15. The normalized spacial score (nSPS) is 9.50. The minimum atomic E-state index is -0.553. The summed E-state index contributed by atoms with van der Waals surface area (Å²) in [6, 6.07) is 6.40. The topological polar surface area (TPSA) is 69.4 Å². The Kier molecular flexibility index (Phi) is 3.23. The van der Waals surface area contributed by atoms with Gasteiger partial charge in [0, 0.05) is 5.69 Å². The Morgan fingerprint density at radius 2 is 1.86 bits per heavy atom. The van der Waals surface area contributed by atoms with Crippen molar-refractivity contribution in [2.75, 3.05) is 5.73 Å². The van der Waals surface area contributed by atoms with E-state index in [0.29, 0.717) is 11.4 Å². The second-order valence-corrected chi connectivity index (χ2v) is 2.92. The molecule has 0 fully saturated rings. The summed E-state index contributed by atoms with van der Waals surface area (Å²) in [4.78, 5) is 21.6. The number of anilines is 1. The zero-order chi connectivity index (χ0) is 10.6. The first-order valence-electron chi connectivity index (χ1n) is 4.13. The van der Waals surface area contributed by atoms with E-state index in [2.05, 4.69) is 0 Å². The van der Waals surface area contributed by atoms with Crippen LogP contribution >= 0.6 is 0 Å². The molecule has 0 atom stereocenters. The second-order valence-electron chi connectivity index (χ2n) is 2.92. The van der Waals surface area contributed by atoms with Crippen LogP contribution in [0.5, 0.6) is 5.75 Å². The molecule has 0 heterocycles. The summed E-state index contributed by atoms with van der Waals surface area (Å²) in [6.45, 7) is 1.34. The number of ether oxygens (including phenoxy) is 1. The third-order valence-corrected chi connectivity index (χ3v) is 1.51. The van der Waals surface area contributed by atoms with E-state index in [1.54, 1.807) is 24.3 Å². The Balaban J connectivity index is 2.56. The number of ketones is 1. The van der Waals surface area contributed by atoms with Crippen LogP contribution < -0.4 is 10.5 Å². The first kappa shape index (κ1) is 10.2. The van der Waals surface area contributed by atoms with Gasteiger partial charge in [-0.25, -0.2) is 0 Å².